The number of aromatic hydroxyl groups is 1. The molecule has 1 aliphatic rings. The molecule has 3 rings (SSSR count). The summed E-state index contributed by atoms with van der Waals surface area (Å²) in [7, 11) is 0. The molecule has 0 saturated carbocycles. The van der Waals surface area contributed by atoms with Crippen molar-refractivity contribution in [3.8, 4) is 11.6 Å². The maximum absolute atomic E-state index is 10.1. The van der Waals surface area contributed by atoms with Crippen LogP contribution < -0.4 is 15.4 Å². The topological polar surface area (TPSA) is 98.7 Å². The van der Waals surface area contributed by atoms with Crippen molar-refractivity contribution < 1.29 is 9.84 Å². The van der Waals surface area contributed by atoms with Gasteiger partial charge in [-0.05, 0) is 37.6 Å². The number of nitrogens with one attached hydrogen (secondary N) is 1. The lowest BCUT2D eigenvalue weighted by Crippen LogP contribution is -2.46. The predicted molar refractivity (Wildman–Crippen MR) is 113 cm³/mol. The number of benzene rings is 1. The molecule has 1 aromatic carbocycles. The van der Waals surface area contributed by atoms with Crippen LogP contribution >= 0.6 is 11.6 Å². The summed E-state index contributed by atoms with van der Waals surface area (Å²) in [5.41, 5.74) is 7.16. The second kappa shape index (κ2) is 9.61. The highest BCUT2D eigenvalue weighted by molar-refractivity contribution is 6.32. The number of nitrogens with zero attached hydrogens (tertiary/aromatic N) is 3. The number of pyridine rings is 1. The summed E-state index contributed by atoms with van der Waals surface area (Å²) in [6.45, 7) is 5.25. The number of unbranched alkanes of at least 4 members (excludes halogenated alkanes) is 1. The van der Waals surface area contributed by atoms with E-state index in [9.17, 15) is 5.11 Å². The second-order valence-corrected chi connectivity index (χ2v) is 7.17. The number of phenols is 1. The van der Waals surface area contributed by atoms with Gasteiger partial charge in [0.15, 0.2) is 5.75 Å². The van der Waals surface area contributed by atoms with Crippen molar-refractivity contribution in [3.63, 3.8) is 0 Å². The molecule has 0 atom stereocenters. The number of piperazine rings is 1. The summed E-state index contributed by atoms with van der Waals surface area (Å²) in [6.07, 6.45) is 3.15. The highest BCUT2D eigenvalue weighted by atomic mass is 35.5. The Morgan fingerprint density at radius 2 is 1.96 bits per heavy atom. The Labute approximate surface area is 170 Å². The number of rotatable bonds is 8. The maximum atomic E-state index is 10.1. The zero-order chi connectivity index (χ0) is 19.9. The molecule has 8 heteroatoms. The number of anilines is 2. The summed E-state index contributed by atoms with van der Waals surface area (Å²) >= 11 is 6.01. The van der Waals surface area contributed by atoms with Crippen LogP contribution in [0.4, 0.5) is 11.5 Å². The molecular weight excluding hydrogens is 378 g/mol. The van der Waals surface area contributed by atoms with E-state index in [4.69, 9.17) is 27.5 Å². The van der Waals surface area contributed by atoms with Crippen molar-refractivity contribution >= 4 is 29.3 Å². The van der Waals surface area contributed by atoms with Crippen LogP contribution in [-0.4, -0.2) is 60.5 Å². The first-order valence-corrected chi connectivity index (χ1v) is 9.81. The molecule has 1 aliphatic heterocycles. The van der Waals surface area contributed by atoms with E-state index >= 15 is 0 Å². The number of ether oxygens (including phenoxy) is 1. The lowest BCUT2D eigenvalue weighted by molar-refractivity contribution is 0.236. The fourth-order valence-electron chi connectivity index (χ4n) is 3.26. The van der Waals surface area contributed by atoms with Gasteiger partial charge in [-0.1, -0.05) is 17.7 Å². The number of nitrogen functional groups attached to an aromatic ring is 1. The molecule has 2 heterocycles. The monoisotopic (exact) mass is 403 g/mol. The van der Waals surface area contributed by atoms with Crippen LogP contribution in [0.25, 0.3) is 0 Å². The van der Waals surface area contributed by atoms with Gasteiger partial charge in [0.25, 0.3) is 0 Å². The zero-order valence-corrected chi connectivity index (χ0v) is 16.5. The summed E-state index contributed by atoms with van der Waals surface area (Å²) < 4.78 is 5.64. The number of hydrogen-bond acceptors (Lipinski definition) is 7. The van der Waals surface area contributed by atoms with Crippen LogP contribution in [0.3, 0.4) is 0 Å². The number of para-hydroxylation sites is 1. The molecule has 7 nitrogen and oxygen atoms in total. The molecule has 0 amide bonds. The van der Waals surface area contributed by atoms with E-state index in [1.165, 1.54) is 6.21 Å². The van der Waals surface area contributed by atoms with Gasteiger partial charge in [0.2, 0.25) is 5.88 Å². The van der Waals surface area contributed by atoms with Gasteiger partial charge in [0.05, 0.1) is 17.3 Å². The average Bonchev–Trinajstić information content (AvgIpc) is 2.70. The van der Waals surface area contributed by atoms with E-state index in [1.807, 2.05) is 12.1 Å². The highest BCUT2D eigenvalue weighted by Crippen LogP contribution is 2.34. The van der Waals surface area contributed by atoms with Crippen molar-refractivity contribution in [2.45, 2.75) is 12.8 Å². The van der Waals surface area contributed by atoms with Gasteiger partial charge in [0, 0.05) is 44.0 Å². The van der Waals surface area contributed by atoms with Crippen LogP contribution in [-0.2, 0) is 0 Å². The smallest absolute Gasteiger partial charge is 0.215 e. The zero-order valence-electron chi connectivity index (χ0n) is 15.8. The van der Waals surface area contributed by atoms with Gasteiger partial charge in [-0.2, -0.15) is 4.98 Å². The highest BCUT2D eigenvalue weighted by Gasteiger charge is 2.19. The van der Waals surface area contributed by atoms with Crippen LogP contribution in [0.1, 0.15) is 18.4 Å². The van der Waals surface area contributed by atoms with Crippen molar-refractivity contribution in [2.75, 3.05) is 50.0 Å². The van der Waals surface area contributed by atoms with Gasteiger partial charge in [-0.25, -0.2) is 0 Å². The van der Waals surface area contributed by atoms with Crippen LogP contribution in [0.5, 0.6) is 11.6 Å². The first-order chi connectivity index (χ1) is 13.6. The molecule has 2 aromatic rings. The Kier molecular flexibility index (Phi) is 6.95. The minimum absolute atomic E-state index is 0.165. The summed E-state index contributed by atoms with van der Waals surface area (Å²) in [5.74, 6) is 0.979. The van der Waals surface area contributed by atoms with Gasteiger partial charge in [-0.3, -0.25) is 4.90 Å². The van der Waals surface area contributed by atoms with Crippen molar-refractivity contribution in [1.29, 1.82) is 5.41 Å². The number of nitrogens with two attached hydrogens (primary N) is 1. The maximum Gasteiger partial charge on any atom is 0.215 e. The lowest BCUT2D eigenvalue weighted by atomic mass is 10.2. The van der Waals surface area contributed by atoms with E-state index in [-0.39, 0.29) is 5.75 Å². The molecule has 1 fully saturated rings. The molecule has 1 saturated heterocycles. The van der Waals surface area contributed by atoms with Crippen LogP contribution in [0.15, 0.2) is 30.3 Å². The number of phenolic OH excluding ortho intramolecular Hbond substituents is 1. The lowest BCUT2D eigenvalue weighted by Gasteiger charge is -2.36. The van der Waals surface area contributed by atoms with E-state index in [2.05, 4.69) is 14.8 Å². The third-order valence-electron chi connectivity index (χ3n) is 4.88. The Bertz CT molecular complexity index is 809. The first-order valence-electron chi connectivity index (χ1n) is 9.43. The largest absolute Gasteiger partial charge is 0.504 e. The third kappa shape index (κ3) is 5.05. The molecular formula is C20H26ClN5O2. The molecule has 28 heavy (non-hydrogen) atoms. The molecule has 0 spiro atoms. The van der Waals surface area contributed by atoms with Gasteiger partial charge >= 0.3 is 0 Å². The van der Waals surface area contributed by atoms with Crippen molar-refractivity contribution in [2.24, 2.45) is 0 Å². The van der Waals surface area contributed by atoms with Crippen molar-refractivity contribution in [3.05, 3.63) is 40.9 Å². The molecule has 0 unspecified atom stereocenters. The SMILES string of the molecule is N=Cc1ccc(OCCCCN2CCN(c3cccc(Cl)c3O)CC2)nc1N. The normalized spacial score (nSPS) is 14.8. The molecule has 4 N–H and O–H groups in total. The van der Waals surface area contributed by atoms with E-state index in [0.717, 1.165) is 51.3 Å². The summed E-state index contributed by atoms with van der Waals surface area (Å²) in [6, 6.07) is 8.95. The van der Waals surface area contributed by atoms with Gasteiger partial charge < -0.3 is 25.9 Å². The quantitative estimate of drug-likeness (QED) is 0.463. The van der Waals surface area contributed by atoms with E-state index in [1.54, 1.807) is 18.2 Å². The van der Waals surface area contributed by atoms with Crippen LogP contribution in [0, 0.1) is 5.41 Å². The fourth-order valence-corrected chi connectivity index (χ4v) is 3.42. The predicted octanol–water partition coefficient (Wildman–Crippen LogP) is 3.00. The first kappa shape index (κ1) is 20.2. The fraction of sp³-hybridized carbons (Fsp3) is 0.400. The average molecular weight is 404 g/mol. The molecule has 0 radical (unpaired) electrons. The summed E-state index contributed by atoms with van der Waals surface area (Å²) in [4.78, 5) is 8.74. The summed E-state index contributed by atoms with van der Waals surface area (Å²) in [5, 5.41) is 17.7. The Balaban J connectivity index is 1.35. The third-order valence-corrected chi connectivity index (χ3v) is 5.19. The number of halogens is 1. The van der Waals surface area contributed by atoms with Crippen molar-refractivity contribution in [1.82, 2.24) is 9.88 Å². The van der Waals surface area contributed by atoms with Gasteiger partial charge in [-0.15, -0.1) is 0 Å². The molecule has 0 bridgehead atoms. The Hall–Kier alpha value is -2.51. The second-order valence-electron chi connectivity index (χ2n) is 6.76. The molecule has 150 valence electrons. The Morgan fingerprint density at radius 3 is 2.68 bits per heavy atom. The molecule has 1 aromatic heterocycles. The van der Waals surface area contributed by atoms with E-state index in [0.29, 0.717) is 28.9 Å². The van der Waals surface area contributed by atoms with Gasteiger partial charge in [0.1, 0.15) is 5.82 Å². The van der Waals surface area contributed by atoms with Crippen LogP contribution in [0.2, 0.25) is 5.02 Å². The standard InChI is InChI=1S/C20H26ClN5O2/c21-16-4-3-5-17(19(16)27)26-11-9-25(10-12-26)8-1-2-13-28-18-7-6-15(14-22)20(23)24-18/h3-7,14,22,27H,1-2,8-13H2,(H2,23,24). The molecule has 0 aliphatic carbocycles. The number of aromatic nitrogens is 1. The number of hydrogen-bond donors (Lipinski definition) is 3. The minimum atomic E-state index is 0.165. The van der Waals surface area contributed by atoms with E-state index < -0.39 is 0 Å². The Morgan fingerprint density at radius 1 is 1.18 bits per heavy atom. The minimum Gasteiger partial charge on any atom is -0.504 e.